The smallest absolute Gasteiger partial charge is 0.217 e. The van der Waals surface area contributed by atoms with Gasteiger partial charge in [-0.2, -0.15) is 0 Å². The zero-order valence-corrected chi connectivity index (χ0v) is 37.1. The summed E-state index contributed by atoms with van der Waals surface area (Å²) in [5.74, 6) is 0.709. The van der Waals surface area contributed by atoms with Crippen molar-refractivity contribution < 1.29 is 9.59 Å². The molecule has 54 heavy (non-hydrogen) atoms. The molecule has 2 amide bonds. The summed E-state index contributed by atoms with van der Waals surface area (Å²) in [6, 6.07) is 0. The minimum Gasteiger partial charge on any atom is -0.370 e. The summed E-state index contributed by atoms with van der Waals surface area (Å²) in [5.41, 5.74) is 10.4. The minimum atomic E-state index is -0.149. The Hall–Kier alpha value is -1.06. The van der Waals surface area contributed by atoms with Crippen molar-refractivity contribution in [2.45, 2.75) is 302 Å². The van der Waals surface area contributed by atoms with Gasteiger partial charge in [0.15, 0.2) is 0 Å². The van der Waals surface area contributed by atoms with Crippen LogP contribution in [-0.4, -0.2) is 11.8 Å². The minimum absolute atomic E-state index is 0.149. The molecule has 0 aliphatic carbocycles. The van der Waals surface area contributed by atoms with Crippen molar-refractivity contribution in [3.8, 4) is 0 Å². The Balaban J connectivity index is 3.48. The molecule has 0 aromatic heterocycles. The lowest BCUT2D eigenvalue weighted by Crippen LogP contribution is -2.09. The second-order valence-corrected chi connectivity index (χ2v) is 17.8. The number of primary amides is 2. The van der Waals surface area contributed by atoms with E-state index in [1.54, 1.807) is 0 Å². The Morgan fingerprint density at radius 2 is 0.444 bits per heavy atom. The molecule has 4 N–H and O–H groups in total. The molecule has 4 heteroatoms. The fourth-order valence-electron chi connectivity index (χ4n) is 8.59. The van der Waals surface area contributed by atoms with Crippen LogP contribution < -0.4 is 11.5 Å². The molecule has 0 aromatic carbocycles. The van der Waals surface area contributed by atoms with Gasteiger partial charge in [0.2, 0.25) is 11.8 Å². The molecule has 0 aliphatic heterocycles. The van der Waals surface area contributed by atoms with E-state index in [2.05, 4.69) is 6.92 Å². The molecule has 0 aromatic rings. The third-order valence-corrected chi connectivity index (χ3v) is 12.3. The molecular weight excluding hydrogens is 661 g/mol. The van der Waals surface area contributed by atoms with E-state index in [0.717, 1.165) is 31.6 Å². The van der Waals surface area contributed by atoms with E-state index in [9.17, 15) is 9.59 Å². The Morgan fingerprint density at radius 3 is 0.630 bits per heavy atom. The highest BCUT2D eigenvalue weighted by Crippen LogP contribution is 2.25. The van der Waals surface area contributed by atoms with Gasteiger partial charge in [0.1, 0.15) is 0 Å². The van der Waals surface area contributed by atoms with Gasteiger partial charge in [-0.25, -0.2) is 0 Å². The monoisotopic (exact) mass is 761 g/mol. The molecule has 0 spiro atoms. The van der Waals surface area contributed by atoms with Crippen LogP contribution in [0, 0.1) is 5.92 Å². The number of nitrogens with two attached hydrogens (primary N) is 2. The maximum Gasteiger partial charge on any atom is 0.217 e. The number of carbonyl (C=O) groups excluding carboxylic acids is 2. The maximum atomic E-state index is 10.8. The molecule has 0 rings (SSSR count). The highest BCUT2D eigenvalue weighted by Gasteiger charge is 2.09. The molecule has 0 heterocycles. The second-order valence-electron chi connectivity index (χ2n) is 17.8. The molecule has 0 fully saturated rings. The van der Waals surface area contributed by atoms with E-state index >= 15 is 0 Å². The summed E-state index contributed by atoms with van der Waals surface area (Å²) >= 11 is 0. The summed E-state index contributed by atoms with van der Waals surface area (Å²) in [4.78, 5) is 21.5. The molecule has 0 bridgehead atoms. The largest absolute Gasteiger partial charge is 0.370 e. The molecular formula is C50H100N2O2. The third-order valence-electron chi connectivity index (χ3n) is 12.3. The van der Waals surface area contributed by atoms with Gasteiger partial charge in [-0.1, -0.05) is 277 Å². The fraction of sp³-hybridized carbons (Fsp3) is 0.960. The highest BCUT2D eigenvalue weighted by molar-refractivity contribution is 5.73. The highest BCUT2D eigenvalue weighted by atomic mass is 16.1. The summed E-state index contributed by atoms with van der Waals surface area (Å²) in [7, 11) is 0. The standard InChI is InChI=1S/C50H100N2O2/c1-2-3-38-43-48(44-39-34-30-26-22-18-14-10-6-4-8-12-16-20-24-28-32-36-41-46-49(51)53)45-40-35-31-27-23-19-15-11-7-5-9-13-17-21-25-29-33-37-42-47-50(52)54/h48H,2-47H2,1H3,(H2,51,53)(H2,52,54). The SMILES string of the molecule is CCCCCC(CCCCCCCCCCCCCCCCCCCCCC(N)=O)CCCCCCCCCCCCCCCCCCCCCC(N)=O. The van der Waals surface area contributed by atoms with Crippen LogP contribution in [0.3, 0.4) is 0 Å². The third kappa shape index (κ3) is 47.1. The van der Waals surface area contributed by atoms with Crippen LogP contribution >= 0.6 is 0 Å². The van der Waals surface area contributed by atoms with Crippen molar-refractivity contribution >= 4 is 11.8 Å². The van der Waals surface area contributed by atoms with Gasteiger partial charge in [0, 0.05) is 12.8 Å². The van der Waals surface area contributed by atoms with Crippen LogP contribution in [0.4, 0.5) is 0 Å². The van der Waals surface area contributed by atoms with Gasteiger partial charge in [-0.05, 0) is 18.8 Å². The lowest BCUT2D eigenvalue weighted by Gasteiger charge is -2.17. The van der Waals surface area contributed by atoms with Crippen molar-refractivity contribution in [3.05, 3.63) is 0 Å². The first-order chi connectivity index (χ1) is 26.6. The average molecular weight is 761 g/mol. The first-order valence-corrected chi connectivity index (χ1v) is 25.1. The Morgan fingerprint density at radius 1 is 0.278 bits per heavy atom. The fourth-order valence-corrected chi connectivity index (χ4v) is 8.59. The molecule has 322 valence electrons. The van der Waals surface area contributed by atoms with Crippen LogP contribution in [0.1, 0.15) is 302 Å². The molecule has 0 unspecified atom stereocenters. The van der Waals surface area contributed by atoms with Crippen LogP contribution in [0.25, 0.3) is 0 Å². The van der Waals surface area contributed by atoms with Crippen LogP contribution in [0.5, 0.6) is 0 Å². The van der Waals surface area contributed by atoms with Crippen LogP contribution in [-0.2, 0) is 9.59 Å². The van der Waals surface area contributed by atoms with Gasteiger partial charge in [0.05, 0.1) is 0 Å². The van der Waals surface area contributed by atoms with Crippen molar-refractivity contribution in [3.63, 3.8) is 0 Å². The quantitative estimate of drug-likeness (QED) is 0.0605. The van der Waals surface area contributed by atoms with Gasteiger partial charge in [-0.3, -0.25) is 9.59 Å². The zero-order chi connectivity index (χ0) is 39.3. The topological polar surface area (TPSA) is 86.2 Å². The van der Waals surface area contributed by atoms with Gasteiger partial charge >= 0.3 is 0 Å². The number of hydrogen-bond acceptors (Lipinski definition) is 2. The summed E-state index contributed by atoms with van der Waals surface area (Å²) in [5, 5.41) is 0. The van der Waals surface area contributed by atoms with Crippen molar-refractivity contribution in [2.24, 2.45) is 17.4 Å². The normalized spacial score (nSPS) is 11.6. The molecule has 0 radical (unpaired) electrons. The molecule has 4 nitrogen and oxygen atoms in total. The summed E-state index contributed by atoms with van der Waals surface area (Å²) < 4.78 is 0. The number of carbonyl (C=O) groups is 2. The first kappa shape index (κ1) is 52.9. The predicted molar refractivity (Wildman–Crippen MR) is 240 cm³/mol. The average Bonchev–Trinajstić information content (AvgIpc) is 3.15. The number of hydrogen-bond donors (Lipinski definition) is 2. The van der Waals surface area contributed by atoms with E-state index in [0.29, 0.717) is 12.8 Å². The number of amides is 2. The second kappa shape index (κ2) is 46.3. The Bertz CT molecular complexity index is 684. The first-order valence-electron chi connectivity index (χ1n) is 25.1. The van der Waals surface area contributed by atoms with Crippen LogP contribution in [0.2, 0.25) is 0 Å². The number of rotatable bonds is 48. The van der Waals surface area contributed by atoms with Crippen molar-refractivity contribution in [2.75, 3.05) is 0 Å². The van der Waals surface area contributed by atoms with E-state index in [1.165, 1.54) is 257 Å². The number of unbranched alkanes of at least 4 members (excludes halogenated alkanes) is 38. The maximum absolute atomic E-state index is 10.8. The predicted octanol–water partition coefficient (Wildman–Crippen LogP) is 16.5. The summed E-state index contributed by atoms with van der Waals surface area (Å²) in [6.45, 7) is 2.35. The molecule has 0 saturated carbocycles. The van der Waals surface area contributed by atoms with E-state index in [4.69, 9.17) is 11.5 Å². The van der Waals surface area contributed by atoms with E-state index < -0.39 is 0 Å². The summed E-state index contributed by atoms with van der Waals surface area (Å²) in [6.07, 6.45) is 62.7. The van der Waals surface area contributed by atoms with Gasteiger partial charge in [0.25, 0.3) is 0 Å². The molecule has 0 aliphatic rings. The van der Waals surface area contributed by atoms with E-state index in [-0.39, 0.29) is 11.8 Å². The van der Waals surface area contributed by atoms with E-state index in [1.807, 2.05) is 0 Å². The lowest BCUT2D eigenvalue weighted by molar-refractivity contribution is -0.119. The van der Waals surface area contributed by atoms with Crippen molar-refractivity contribution in [1.29, 1.82) is 0 Å². The molecule has 0 saturated heterocycles. The van der Waals surface area contributed by atoms with Crippen LogP contribution in [0.15, 0.2) is 0 Å². The zero-order valence-electron chi connectivity index (χ0n) is 37.1. The lowest BCUT2D eigenvalue weighted by atomic mass is 9.89. The molecule has 0 atom stereocenters. The van der Waals surface area contributed by atoms with Gasteiger partial charge in [-0.15, -0.1) is 0 Å². The Kier molecular flexibility index (Phi) is 45.4. The van der Waals surface area contributed by atoms with Gasteiger partial charge < -0.3 is 11.5 Å². The Labute approximate surface area is 340 Å². The van der Waals surface area contributed by atoms with Crippen molar-refractivity contribution in [1.82, 2.24) is 0 Å².